The second-order valence-corrected chi connectivity index (χ2v) is 9.52. The third-order valence-corrected chi connectivity index (χ3v) is 6.91. The third kappa shape index (κ3) is 7.73. The highest BCUT2D eigenvalue weighted by Gasteiger charge is 2.25. The van der Waals surface area contributed by atoms with Crippen LogP contribution in [0.2, 0.25) is 0 Å². The van der Waals surface area contributed by atoms with Gasteiger partial charge in [-0.15, -0.1) is 11.3 Å². The summed E-state index contributed by atoms with van der Waals surface area (Å²) in [7, 11) is 0. The van der Waals surface area contributed by atoms with Gasteiger partial charge >= 0.3 is 6.09 Å². The fraction of sp³-hybridized carbons (Fsp3) is 0.409. The van der Waals surface area contributed by atoms with Crippen molar-refractivity contribution < 1.29 is 23.9 Å². The minimum atomic E-state index is -0.346. The molecule has 0 bridgehead atoms. The highest BCUT2D eigenvalue weighted by molar-refractivity contribution is 8.01. The Balaban J connectivity index is 1.40. The quantitative estimate of drug-likeness (QED) is 0.529. The molecule has 1 aromatic heterocycles. The van der Waals surface area contributed by atoms with Crippen molar-refractivity contribution in [1.29, 1.82) is 0 Å². The first-order valence-electron chi connectivity index (χ1n) is 10.8. The summed E-state index contributed by atoms with van der Waals surface area (Å²) < 4.78 is 5.71. The van der Waals surface area contributed by atoms with Crippen molar-refractivity contribution in [1.82, 2.24) is 14.8 Å². The number of thiazole rings is 1. The van der Waals surface area contributed by atoms with Crippen LogP contribution in [0.25, 0.3) is 0 Å². The van der Waals surface area contributed by atoms with Crippen molar-refractivity contribution in [2.45, 2.75) is 24.6 Å². The monoisotopic (exact) mass is 505 g/mol. The van der Waals surface area contributed by atoms with E-state index in [0.29, 0.717) is 54.2 Å². The van der Waals surface area contributed by atoms with Crippen LogP contribution in [-0.2, 0) is 25.5 Å². The Morgan fingerprint density at radius 1 is 1.03 bits per heavy atom. The number of rotatable bonds is 8. The fourth-order valence-corrected chi connectivity index (χ4v) is 4.86. The van der Waals surface area contributed by atoms with Crippen molar-refractivity contribution in [3.8, 4) is 0 Å². The molecule has 1 aliphatic heterocycles. The lowest BCUT2D eigenvalue weighted by Gasteiger charge is -2.34. The van der Waals surface area contributed by atoms with Gasteiger partial charge in [0.1, 0.15) is 0 Å². The van der Waals surface area contributed by atoms with Crippen LogP contribution in [0.5, 0.6) is 0 Å². The molecule has 0 aliphatic carbocycles. The topological polar surface area (TPSA) is 121 Å². The van der Waals surface area contributed by atoms with Gasteiger partial charge in [0.25, 0.3) is 0 Å². The molecular weight excluding hydrogens is 478 g/mol. The van der Waals surface area contributed by atoms with Gasteiger partial charge in [-0.3, -0.25) is 14.4 Å². The zero-order valence-electron chi connectivity index (χ0n) is 19.0. The summed E-state index contributed by atoms with van der Waals surface area (Å²) in [6.45, 7) is 5.37. The molecule has 0 saturated carbocycles. The van der Waals surface area contributed by atoms with E-state index in [-0.39, 0.29) is 36.0 Å². The molecule has 12 heteroatoms. The number of aromatic nitrogens is 1. The van der Waals surface area contributed by atoms with Crippen molar-refractivity contribution >= 4 is 58.3 Å². The molecule has 34 heavy (non-hydrogen) atoms. The number of hydrogen-bond donors (Lipinski definition) is 2. The molecule has 10 nitrogen and oxygen atoms in total. The van der Waals surface area contributed by atoms with E-state index in [4.69, 9.17) is 4.74 Å². The average molecular weight is 506 g/mol. The summed E-state index contributed by atoms with van der Waals surface area (Å²) in [4.78, 5) is 55.5. The zero-order chi connectivity index (χ0) is 24.5. The Bertz CT molecular complexity index is 1020. The first-order valence-corrected chi connectivity index (χ1v) is 12.6. The van der Waals surface area contributed by atoms with E-state index in [0.717, 1.165) is 0 Å². The predicted octanol–water partition coefficient (Wildman–Crippen LogP) is 2.68. The smallest absolute Gasteiger partial charge is 0.409 e. The summed E-state index contributed by atoms with van der Waals surface area (Å²) in [5.74, 6) is -0.186. The van der Waals surface area contributed by atoms with Gasteiger partial charge in [0.2, 0.25) is 17.7 Å². The molecule has 182 valence electrons. The van der Waals surface area contributed by atoms with Gasteiger partial charge in [-0.05, 0) is 31.2 Å². The minimum absolute atomic E-state index is 0.0363. The van der Waals surface area contributed by atoms with Gasteiger partial charge in [0, 0.05) is 49.9 Å². The maximum atomic E-state index is 12.6. The van der Waals surface area contributed by atoms with Crippen LogP contribution < -0.4 is 10.6 Å². The summed E-state index contributed by atoms with van der Waals surface area (Å²) in [5.41, 5.74) is 1.96. The molecule has 1 fully saturated rings. The normalized spacial score (nSPS) is 13.4. The summed E-state index contributed by atoms with van der Waals surface area (Å²) in [6, 6.07) is 6.86. The number of hydrogen-bond acceptors (Lipinski definition) is 8. The van der Waals surface area contributed by atoms with E-state index in [1.165, 1.54) is 30.0 Å². The molecule has 2 heterocycles. The predicted molar refractivity (Wildman–Crippen MR) is 131 cm³/mol. The molecule has 0 radical (unpaired) electrons. The largest absolute Gasteiger partial charge is 0.450 e. The van der Waals surface area contributed by atoms with Crippen LogP contribution in [0.15, 0.2) is 34.0 Å². The van der Waals surface area contributed by atoms with Gasteiger partial charge < -0.3 is 25.2 Å². The van der Waals surface area contributed by atoms with Gasteiger partial charge in [0.05, 0.1) is 24.5 Å². The van der Waals surface area contributed by atoms with Crippen LogP contribution in [0.4, 0.5) is 16.2 Å². The Morgan fingerprint density at radius 2 is 1.65 bits per heavy atom. The second-order valence-electron chi connectivity index (χ2n) is 7.44. The lowest BCUT2D eigenvalue weighted by atomic mass is 10.2. The van der Waals surface area contributed by atoms with E-state index in [1.807, 2.05) is 5.38 Å². The number of carbonyl (C=O) groups excluding carboxylic acids is 4. The van der Waals surface area contributed by atoms with Crippen LogP contribution in [0.1, 0.15) is 19.5 Å². The first-order chi connectivity index (χ1) is 16.3. The fourth-order valence-electron chi connectivity index (χ4n) is 3.22. The Labute approximate surface area is 206 Å². The molecule has 4 amide bonds. The molecule has 2 aromatic rings. The highest BCUT2D eigenvalue weighted by Crippen LogP contribution is 2.24. The Hall–Kier alpha value is -3.12. The van der Waals surface area contributed by atoms with Crippen molar-refractivity contribution in [2.24, 2.45) is 0 Å². The van der Waals surface area contributed by atoms with Gasteiger partial charge in [0.15, 0.2) is 4.34 Å². The van der Waals surface area contributed by atoms with E-state index < -0.39 is 0 Å². The molecule has 0 spiro atoms. The van der Waals surface area contributed by atoms with Crippen LogP contribution in [-0.4, -0.2) is 77.1 Å². The van der Waals surface area contributed by atoms with Gasteiger partial charge in [-0.1, -0.05) is 11.8 Å². The number of benzene rings is 1. The number of piperazine rings is 1. The SMILES string of the molecule is CCOC(=O)N1CCN(C(=O)Cc2csc(SCC(=O)Nc3ccc(NC(C)=O)cc3)n2)CC1. The standard InChI is InChI=1S/C22H27N5O5S2/c1-3-32-22(31)27-10-8-26(9-11-27)20(30)12-18-13-33-21(25-18)34-14-19(29)24-17-6-4-16(5-7-17)23-15(2)28/h4-7,13H,3,8-12,14H2,1-2H3,(H,23,28)(H,24,29). The van der Waals surface area contributed by atoms with E-state index in [1.54, 1.807) is 41.0 Å². The number of thioether (sulfide) groups is 1. The molecule has 2 N–H and O–H groups in total. The Kier molecular flexibility index (Phi) is 9.28. The number of amides is 4. The lowest BCUT2D eigenvalue weighted by molar-refractivity contribution is -0.132. The molecule has 1 saturated heterocycles. The highest BCUT2D eigenvalue weighted by atomic mass is 32.2. The first kappa shape index (κ1) is 25.5. The van der Waals surface area contributed by atoms with Crippen LogP contribution in [0.3, 0.4) is 0 Å². The maximum absolute atomic E-state index is 12.6. The number of ether oxygens (including phenoxy) is 1. The molecule has 1 aromatic carbocycles. The van der Waals surface area contributed by atoms with Gasteiger partial charge in [-0.2, -0.15) is 0 Å². The maximum Gasteiger partial charge on any atom is 0.409 e. The van der Waals surface area contributed by atoms with Crippen LogP contribution in [0, 0.1) is 0 Å². The van der Waals surface area contributed by atoms with Crippen molar-refractivity contribution in [3.63, 3.8) is 0 Å². The van der Waals surface area contributed by atoms with E-state index >= 15 is 0 Å². The molecule has 1 aliphatic rings. The van der Waals surface area contributed by atoms with Crippen molar-refractivity contribution in [3.05, 3.63) is 35.3 Å². The number of nitrogens with zero attached hydrogens (tertiary/aromatic N) is 3. The molecule has 0 atom stereocenters. The number of anilines is 2. The zero-order valence-corrected chi connectivity index (χ0v) is 20.7. The molecule has 3 rings (SSSR count). The van der Waals surface area contributed by atoms with E-state index in [2.05, 4.69) is 15.6 Å². The van der Waals surface area contributed by atoms with Crippen molar-refractivity contribution in [2.75, 3.05) is 49.2 Å². The summed E-state index contributed by atoms with van der Waals surface area (Å²) >= 11 is 2.70. The lowest BCUT2D eigenvalue weighted by Crippen LogP contribution is -2.51. The van der Waals surface area contributed by atoms with E-state index in [9.17, 15) is 19.2 Å². The number of carbonyl (C=O) groups is 4. The summed E-state index contributed by atoms with van der Waals surface area (Å²) in [6.07, 6.45) is -0.162. The average Bonchev–Trinajstić information content (AvgIpc) is 3.26. The molecular formula is C22H27N5O5S2. The second kappa shape index (κ2) is 12.4. The van der Waals surface area contributed by atoms with Crippen LogP contribution >= 0.6 is 23.1 Å². The minimum Gasteiger partial charge on any atom is -0.450 e. The van der Waals surface area contributed by atoms with Gasteiger partial charge in [-0.25, -0.2) is 9.78 Å². The third-order valence-electron chi connectivity index (χ3n) is 4.84. The molecule has 0 unspecified atom stereocenters. The Morgan fingerprint density at radius 3 is 2.26 bits per heavy atom. The summed E-state index contributed by atoms with van der Waals surface area (Å²) in [5, 5.41) is 7.30. The number of nitrogens with one attached hydrogen (secondary N) is 2.